The lowest BCUT2D eigenvalue weighted by molar-refractivity contribution is 0.142. The van der Waals surface area contributed by atoms with E-state index in [0.717, 1.165) is 26.1 Å². The van der Waals surface area contributed by atoms with Crippen molar-refractivity contribution >= 4 is 0 Å². The second-order valence-corrected chi connectivity index (χ2v) is 3.66. The summed E-state index contributed by atoms with van der Waals surface area (Å²) in [5.74, 6) is 6.39. The summed E-state index contributed by atoms with van der Waals surface area (Å²) in [6, 6.07) is 0. The highest BCUT2D eigenvalue weighted by Crippen LogP contribution is 2.38. The standard InChI is InChI=1S/C10H14O.C2H6/c1-2-4-6-10(5-3-1)7-8-11-9-10;1-2/h3-9H2;1-2H3. The Kier molecular flexibility index (Phi) is 4.32. The number of ether oxygens (including phenoxy) is 1. The normalized spacial score (nSPS) is 23.8. The van der Waals surface area contributed by atoms with E-state index in [1.54, 1.807) is 0 Å². The Labute approximate surface area is 81.9 Å². The molecule has 13 heavy (non-hydrogen) atoms. The zero-order chi connectivity index (χ0) is 9.57. The Bertz CT molecular complexity index is 177. The summed E-state index contributed by atoms with van der Waals surface area (Å²) < 4.78 is 5.44. The Morgan fingerprint density at radius 2 is 1.62 bits per heavy atom. The fourth-order valence-electron chi connectivity index (χ4n) is 2.00. The molecule has 0 saturated carbocycles. The Balaban J connectivity index is 0.000000396. The lowest BCUT2D eigenvalue weighted by Crippen LogP contribution is -2.19. The van der Waals surface area contributed by atoms with E-state index in [9.17, 15) is 0 Å². The Morgan fingerprint density at radius 3 is 2.08 bits per heavy atom. The van der Waals surface area contributed by atoms with Crippen LogP contribution in [0.25, 0.3) is 0 Å². The first-order valence-corrected chi connectivity index (χ1v) is 5.45. The van der Waals surface area contributed by atoms with Crippen LogP contribution in [0.1, 0.15) is 46.0 Å². The molecule has 74 valence electrons. The quantitative estimate of drug-likeness (QED) is 0.521. The van der Waals surface area contributed by atoms with E-state index >= 15 is 0 Å². The van der Waals surface area contributed by atoms with Crippen molar-refractivity contribution in [3.8, 4) is 11.8 Å². The van der Waals surface area contributed by atoms with Gasteiger partial charge in [-0.2, -0.15) is 0 Å². The van der Waals surface area contributed by atoms with Crippen molar-refractivity contribution in [2.45, 2.75) is 46.0 Å². The fourth-order valence-corrected chi connectivity index (χ4v) is 2.00. The molecule has 0 aromatic carbocycles. The highest BCUT2D eigenvalue weighted by atomic mass is 16.5. The van der Waals surface area contributed by atoms with Crippen LogP contribution in [0.2, 0.25) is 0 Å². The molecular formula is C12H20O. The maximum Gasteiger partial charge on any atom is 0.0523 e. The van der Waals surface area contributed by atoms with Gasteiger partial charge in [0.25, 0.3) is 0 Å². The van der Waals surface area contributed by atoms with E-state index in [1.165, 1.54) is 19.3 Å². The van der Waals surface area contributed by atoms with Crippen LogP contribution in [0.4, 0.5) is 0 Å². The smallest absolute Gasteiger partial charge is 0.0523 e. The van der Waals surface area contributed by atoms with Crippen molar-refractivity contribution in [1.82, 2.24) is 0 Å². The van der Waals surface area contributed by atoms with Crippen LogP contribution >= 0.6 is 0 Å². The van der Waals surface area contributed by atoms with Crippen molar-refractivity contribution in [2.24, 2.45) is 5.41 Å². The minimum Gasteiger partial charge on any atom is -0.381 e. The lowest BCUT2D eigenvalue weighted by atomic mass is 9.80. The van der Waals surface area contributed by atoms with Crippen molar-refractivity contribution in [2.75, 3.05) is 13.2 Å². The van der Waals surface area contributed by atoms with Gasteiger partial charge in [-0.3, -0.25) is 0 Å². The van der Waals surface area contributed by atoms with Crippen molar-refractivity contribution < 1.29 is 4.74 Å². The third kappa shape index (κ3) is 2.74. The van der Waals surface area contributed by atoms with E-state index in [4.69, 9.17) is 4.74 Å². The first kappa shape index (κ1) is 10.6. The SMILES string of the molecule is C1#CCCC2(CC1)CCOC2.CC. The van der Waals surface area contributed by atoms with Gasteiger partial charge >= 0.3 is 0 Å². The molecule has 1 saturated heterocycles. The van der Waals surface area contributed by atoms with Crippen LogP contribution in [-0.2, 0) is 4.74 Å². The van der Waals surface area contributed by atoms with Gasteiger partial charge in [-0.05, 0) is 24.7 Å². The minimum absolute atomic E-state index is 0.510. The zero-order valence-corrected chi connectivity index (χ0v) is 8.86. The Morgan fingerprint density at radius 1 is 1.00 bits per heavy atom. The molecule has 1 spiro atoms. The first-order valence-electron chi connectivity index (χ1n) is 5.45. The molecule has 0 bridgehead atoms. The summed E-state index contributed by atoms with van der Waals surface area (Å²) in [5.41, 5.74) is 0.510. The van der Waals surface area contributed by atoms with Gasteiger partial charge in [0.1, 0.15) is 0 Å². The summed E-state index contributed by atoms with van der Waals surface area (Å²) >= 11 is 0. The molecule has 2 aliphatic rings. The molecule has 1 nitrogen and oxygen atoms in total. The van der Waals surface area contributed by atoms with E-state index in [-0.39, 0.29) is 0 Å². The van der Waals surface area contributed by atoms with Crippen molar-refractivity contribution in [3.05, 3.63) is 0 Å². The van der Waals surface area contributed by atoms with E-state index in [2.05, 4.69) is 11.8 Å². The van der Waals surface area contributed by atoms with Gasteiger partial charge in [0.05, 0.1) is 6.61 Å². The maximum absolute atomic E-state index is 5.44. The number of rotatable bonds is 0. The maximum atomic E-state index is 5.44. The topological polar surface area (TPSA) is 9.23 Å². The first-order chi connectivity index (χ1) is 6.41. The minimum atomic E-state index is 0.510. The number of hydrogen-bond acceptors (Lipinski definition) is 1. The third-order valence-corrected chi connectivity index (χ3v) is 2.87. The molecule has 0 amide bonds. The predicted octanol–water partition coefficient (Wildman–Crippen LogP) is 3.00. The highest BCUT2D eigenvalue weighted by molar-refractivity contribution is 5.05. The second kappa shape index (κ2) is 5.29. The van der Waals surface area contributed by atoms with Gasteiger partial charge in [0.2, 0.25) is 0 Å². The average Bonchev–Trinajstić information content (AvgIpc) is 2.50. The van der Waals surface area contributed by atoms with Gasteiger partial charge in [-0.15, -0.1) is 11.8 Å². The molecule has 0 atom stereocenters. The van der Waals surface area contributed by atoms with Crippen LogP contribution < -0.4 is 0 Å². The van der Waals surface area contributed by atoms with Gasteiger partial charge in [-0.25, -0.2) is 0 Å². The molecule has 1 heteroatoms. The summed E-state index contributed by atoms with van der Waals surface area (Å²) in [6.07, 6.45) is 5.96. The molecule has 0 unspecified atom stereocenters. The summed E-state index contributed by atoms with van der Waals surface area (Å²) in [6.45, 7) is 5.95. The summed E-state index contributed by atoms with van der Waals surface area (Å²) in [5, 5.41) is 0. The average molecular weight is 180 g/mol. The summed E-state index contributed by atoms with van der Waals surface area (Å²) in [7, 11) is 0. The van der Waals surface area contributed by atoms with Crippen LogP contribution in [-0.4, -0.2) is 13.2 Å². The van der Waals surface area contributed by atoms with E-state index < -0.39 is 0 Å². The second-order valence-electron chi connectivity index (χ2n) is 3.66. The molecule has 2 rings (SSSR count). The molecule has 1 heterocycles. The van der Waals surface area contributed by atoms with E-state index in [1.807, 2.05) is 13.8 Å². The largest absolute Gasteiger partial charge is 0.381 e. The Hall–Kier alpha value is -0.480. The summed E-state index contributed by atoms with van der Waals surface area (Å²) in [4.78, 5) is 0. The molecule has 1 fully saturated rings. The van der Waals surface area contributed by atoms with Crippen LogP contribution in [0.15, 0.2) is 0 Å². The van der Waals surface area contributed by atoms with Gasteiger partial charge in [-0.1, -0.05) is 13.8 Å². The molecule has 1 aliphatic heterocycles. The third-order valence-electron chi connectivity index (χ3n) is 2.87. The zero-order valence-electron chi connectivity index (χ0n) is 8.86. The van der Waals surface area contributed by atoms with Crippen molar-refractivity contribution in [1.29, 1.82) is 0 Å². The molecule has 0 aromatic rings. The molecule has 0 N–H and O–H groups in total. The predicted molar refractivity (Wildman–Crippen MR) is 55.5 cm³/mol. The molecule has 0 aromatic heterocycles. The molecule has 1 aliphatic carbocycles. The van der Waals surface area contributed by atoms with Crippen LogP contribution in [0, 0.1) is 17.3 Å². The van der Waals surface area contributed by atoms with Crippen molar-refractivity contribution in [3.63, 3.8) is 0 Å². The van der Waals surface area contributed by atoms with Gasteiger partial charge < -0.3 is 4.74 Å². The highest BCUT2D eigenvalue weighted by Gasteiger charge is 2.33. The van der Waals surface area contributed by atoms with Gasteiger partial charge in [0.15, 0.2) is 0 Å². The monoisotopic (exact) mass is 180 g/mol. The lowest BCUT2D eigenvalue weighted by Gasteiger charge is -2.24. The number of hydrogen-bond donors (Lipinski definition) is 0. The fraction of sp³-hybridized carbons (Fsp3) is 0.833. The van der Waals surface area contributed by atoms with E-state index in [0.29, 0.717) is 5.41 Å². The molecular weight excluding hydrogens is 160 g/mol. The van der Waals surface area contributed by atoms with Crippen LogP contribution in [0.3, 0.4) is 0 Å². The molecule has 0 radical (unpaired) electrons. The van der Waals surface area contributed by atoms with Crippen LogP contribution in [0.5, 0.6) is 0 Å². The van der Waals surface area contributed by atoms with Gasteiger partial charge in [0, 0.05) is 19.4 Å².